The standard InChI is InChI=1S/C20H21N3O3S.ClH/c1-22(2)9-6-10-23(19(24)14-7-4-3-5-8-14)20-21-15-11-16-17(26-13-25-16)12-18(15)27-20;/h3-5,7-8,11-12H,6,9-10,13H2,1-2H3;1H. The van der Waals surface area contributed by atoms with Gasteiger partial charge in [-0.1, -0.05) is 29.5 Å². The van der Waals surface area contributed by atoms with Crippen LogP contribution in [0.25, 0.3) is 10.2 Å². The quantitative estimate of drug-likeness (QED) is 0.603. The molecule has 2 heterocycles. The summed E-state index contributed by atoms with van der Waals surface area (Å²) in [6.45, 7) is 1.75. The van der Waals surface area contributed by atoms with E-state index in [2.05, 4.69) is 4.90 Å². The van der Waals surface area contributed by atoms with Crippen molar-refractivity contribution in [3.8, 4) is 11.5 Å². The van der Waals surface area contributed by atoms with E-state index >= 15 is 0 Å². The van der Waals surface area contributed by atoms with Gasteiger partial charge in [-0.2, -0.15) is 0 Å². The molecule has 1 aliphatic rings. The SMILES string of the molecule is CN(C)CCCN(C(=O)c1ccccc1)c1nc2cc3c(cc2s1)OCO3.Cl. The molecule has 0 fully saturated rings. The monoisotopic (exact) mass is 419 g/mol. The molecular formula is C20H22ClN3O3S. The number of rotatable bonds is 6. The number of aromatic nitrogens is 1. The minimum Gasteiger partial charge on any atom is -0.454 e. The molecule has 4 rings (SSSR count). The summed E-state index contributed by atoms with van der Waals surface area (Å²) in [5, 5.41) is 0.696. The third-order valence-electron chi connectivity index (χ3n) is 4.36. The van der Waals surface area contributed by atoms with Crippen LogP contribution in [0.5, 0.6) is 11.5 Å². The normalized spacial score (nSPS) is 12.2. The van der Waals surface area contributed by atoms with Crippen LogP contribution in [0.4, 0.5) is 5.13 Å². The van der Waals surface area contributed by atoms with E-state index in [1.807, 2.05) is 56.6 Å². The van der Waals surface area contributed by atoms with Crippen molar-refractivity contribution in [2.75, 3.05) is 38.9 Å². The first-order valence-corrected chi connectivity index (χ1v) is 9.65. The maximum atomic E-state index is 13.1. The van der Waals surface area contributed by atoms with Crippen molar-refractivity contribution < 1.29 is 14.3 Å². The maximum Gasteiger partial charge on any atom is 0.260 e. The van der Waals surface area contributed by atoms with Crippen LogP contribution in [0.3, 0.4) is 0 Å². The van der Waals surface area contributed by atoms with Crippen LogP contribution in [0, 0.1) is 0 Å². The largest absolute Gasteiger partial charge is 0.454 e. The lowest BCUT2D eigenvalue weighted by Crippen LogP contribution is -2.33. The van der Waals surface area contributed by atoms with Crippen LogP contribution in [-0.2, 0) is 0 Å². The molecule has 148 valence electrons. The topological polar surface area (TPSA) is 54.9 Å². The summed E-state index contributed by atoms with van der Waals surface area (Å²) in [6.07, 6.45) is 0.865. The molecule has 0 spiro atoms. The second-order valence-corrected chi connectivity index (χ2v) is 7.66. The Morgan fingerprint density at radius 2 is 1.82 bits per heavy atom. The molecule has 0 aliphatic carbocycles. The van der Waals surface area contributed by atoms with E-state index in [0.717, 1.165) is 28.9 Å². The Bertz CT molecular complexity index is 921. The van der Waals surface area contributed by atoms with Crippen LogP contribution in [0.2, 0.25) is 0 Å². The van der Waals surface area contributed by atoms with E-state index in [4.69, 9.17) is 14.5 Å². The lowest BCUT2D eigenvalue weighted by atomic mass is 10.2. The maximum absolute atomic E-state index is 13.1. The molecule has 0 atom stereocenters. The lowest BCUT2D eigenvalue weighted by Gasteiger charge is -2.21. The zero-order valence-corrected chi connectivity index (χ0v) is 17.4. The van der Waals surface area contributed by atoms with Crippen LogP contribution in [-0.4, -0.2) is 49.8 Å². The fourth-order valence-corrected chi connectivity index (χ4v) is 3.99. The number of fused-ring (bicyclic) bond motifs is 2. The van der Waals surface area contributed by atoms with E-state index in [1.54, 1.807) is 4.90 Å². The molecule has 0 unspecified atom stereocenters. The molecule has 0 bridgehead atoms. The third-order valence-corrected chi connectivity index (χ3v) is 5.40. The predicted molar refractivity (Wildman–Crippen MR) is 114 cm³/mol. The Labute approximate surface area is 174 Å². The van der Waals surface area contributed by atoms with E-state index in [9.17, 15) is 4.79 Å². The van der Waals surface area contributed by atoms with Gasteiger partial charge in [-0.15, -0.1) is 12.4 Å². The first kappa shape index (κ1) is 20.4. The average molecular weight is 420 g/mol. The van der Waals surface area contributed by atoms with Gasteiger partial charge in [0.1, 0.15) is 0 Å². The Balaban J connectivity index is 0.00000225. The number of thiazole rings is 1. The molecule has 1 aliphatic heterocycles. The zero-order chi connectivity index (χ0) is 18.8. The number of carbonyl (C=O) groups excluding carboxylic acids is 1. The van der Waals surface area contributed by atoms with Gasteiger partial charge in [0, 0.05) is 24.2 Å². The van der Waals surface area contributed by atoms with Gasteiger partial charge in [0.25, 0.3) is 5.91 Å². The van der Waals surface area contributed by atoms with Crippen molar-refractivity contribution in [2.24, 2.45) is 0 Å². The van der Waals surface area contributed by atoms with Gasteiger partial charge in [-0.3, -0.25) is 9.69 Å². The summed E-state index contributed by atoms with van der Waals surface area (Å²) in [6, 6.07) is 13.2. The van der Waals surface area contributed by atoms with Crippen molar-refractivity contribution in [3.63, 3.8) is 0 Å². The van der Waals surface area contributed by atoms with E-state index in [1.165, 1.54) is 11.3 Å². The highest BCUT2D eigenvalue weighted by molar-refractivity contribution is 7.22. The van der Waals surface area contributed by atoms with Gasteiger partial charge < -0.3 is 14.4 Å². The number of halogens is 1. The van der Waals surface area contributed by atoms with E-state index in [-0.39, 0.29) is 25.1 Å². The molecule has 8 heteroatoms. The molecule has 0 radical (unpaired) electrons. The van der Waals surface area contributed by atoms with E-state index < -0.39 is 0 Å². The number of carbonyl (C=O) groups is 1. The second-order valence-electron chi connectivity index (χ2n) is 6.65. The van der Waals surface area contributed by atoms with Crippen LogP contribution in [0.15, 0.2) is 42.5 Å². The number of anilines is 1. The highest BCUT2D eigenvalue weighted by atomic mass is 35.5. The summed E-state index contributed by atoms with van der Waals surface area (Å²) in [4.78, 5) is 21.7. The lowest BCUT2D eigenvalue weighted by molar-refractivity contribution is 0.0986. The number of amides is 1. The molecule has 2 aromatic carbocycles. The number of nitrogens with zero attached hydrogens (tertiary/aromatic N) is 3. The summed E-state index contributed by atoms with van der Waals surface area (Å²) < 4.78 is 11.9. The molecule has 0 saturated heterocycles. The molecular weight excluding hydrogens is 398 g/mol. The van der Waals surface area contributed by atoms with Gasteiger partial charge >= 0.3 is 0 Å². The fourth-order valence-electron chi connectivity index (χ4n) is 2.99. The molecule has 0 saturated carbocycles. The average Bonchev–Trinajstić information content (AvgIpc) is 3.28. The molecule has 1 aromatic heterocycles. The van der Waals surface area contributed by atoms with E-state index in [0.29, 0.717) is 23.0 Å². The minimum atomic E-state index is -0.0338. The van der Waals surface area contributed by atoms with Crippen molar-refractivity contribution >= 4 is 45.0 Å². The Hall–Kier alpha value is -2.35. The number of benzene rings is 2. The Morgan fingerprint density at radius 3 is 2.54 bits per heavy atom. The third kappa shape index (κ3) is 4.22. The number of hydrogen-bond donors (Lipinski definition) is 0. The van der Waals surface area contributed by atoms with Crippen LogP contribution >= 0.6 is 23.7 Å². The Kier molecular flexibility index (Phi) is 6.39. The highest BCUT2D eigenvalue weighted by Gasteiger charge is 2.23. The predicted octanol–water partition coefficient (Wildman–Crippen LogP) is 4.05. The highest BCUT2D eigenvalue weighted by Crippen LogP contribution is 2.40. The summed E-state index contributed by atoms with van der Waals surface area (Å²) >= 11 is 1.50. The van der Waals surface area contributed by atoms with Crippen molar-refractivity contribution in [2.45, 2.75) is 6.42 Å². The van der Waals surface area contributed by atoms with Gasteiger partial charge in [-0.25, -0.2) is 4.98 Å². The van der Waals surface area contributed by atoms with Gasteiger partial charge in [-0.05, 0) is 39.2 Å². The summed E-state index contributed by atoms with van der Waals surface area (Å²) in [5.74, 6) is 1.40. The van der Waals surface area contributed by atoms with Crippen LogP contribution < -0.4 is 14.4 Å². The van der Waals surface area contributed by atoms with Crippen LogP contribution in [0.1, 0.15) is 16.8 Å². The molecule has 6 nitrogen and oxygen atoms in total. The molecule has 0 N–H and O–H groups in total. The smallest absolute Gasteiger partial charge is 0.260 e. The fraction of sp³-hybridized carbons (Fsp3) is 0.300. The Morgan fingerprint density at radius 1 is 1.11 bits per heavy atom. The van der Waals surface area contributed by atoms with Gasteiger partial charge in [0.05, 0.1) is 10.2 Å². The summed E-state index contributed by atoms with van der Waals surface area (Å²) in [5.41, 5.74) is 1.48. The molecule has 3 aromatic rings. The van der Waals surface area contributed by atoms with Crippen molar-refractivity contribution in [1.82, 2.24) is 9.88 Å². The van der Waals surface area contributed by atoms with Crippen molar-refractivity contribution in [1.29, 1.82) is 0 Å². The van der Waals surface area contributed by atoms with Crippen molar-refractivity contribution in [3.05, 3.63) is 48.0 Å². The number of ether oxygens (including phenoxy) is 2. The first-order valence-electron chi connectivity index (χ1n) is 8.83. The number of hydrogen-bond acceptors (Lipinski definition) is 6. The molecule has 28 heavy (non-hydrogen) atoms. The second kappa shape index (κ2) is 8.77. The first-order chi connectivity index (χ1) is 13.1. The summed E-state index contributed by atoms with van der Waals surface area (Å²) in [7, 11) is 4.06. The zero-order valence-electron chi connectivity index (χ0n) is 15.8. The minimum absolute atomic E-state index is 0. The van der Waals surface area contributed by atoms with Gasteiger partial charge in [0.2, 0.25) is 6.79 Å². The molecule has 1 amide bonds. The van der Waals surface area contributed by atoms with Gasteiger partial charge in [0.15, 0.2) is 16.6 Å².